The van der Waals surface area contributed by atoms with Crippen LogP contribution in [0.2, 0.25) is 0 Å². The van der Waals surface area contributed by atoms with Crippen LogP contribution in [0.3, 0.4) is 0 Å². The third-order valence-corrected chi connectivity index (χ3v) is 9.81. The largest absolute Gasteiger partial charge is 0.497 e. The highest BCUT2D eigenvalue weighted by atomic mass is 32.2. The molecular formula is C34H43N3O5S. The smallest absolute Gasteiger partial charge is 0.264 e. The molecule has 1 saturated carbocycles. The third-order valence-electron chi connectivity index (χ3n) is 8.02. The molecule has 0 aromatic heterocycles. The summed E-state index contributed by atoms with van der Waals surface area (Å²) in [5.74, 6) is -0.0966. The van der Waals surface area contributed by atoms with E-state index in [9.17, 15) is 18.0 Å². The van der Waals surface area contributed by atoms with Crippen LogP contribution in [0.1, 0.15) is 62.1 Å². The molecule has 3 aromatic rings. The average Bonchev–Trinajstić information content (AvgIpc) is 3.00. The summed E-state index contributed by atoms with van der Waals surface area (Å²) in [5, 5.41) is 3.18. The Kier molecular flexibility index (Phi) is 10.9. The highest BCUT2D eigenvalue weighted by molar-refractivity contribution is 7.92. The number of nitrogens with zero attached hydrogens (tertiary/aromatic N) is 2. The van der Waals surface area contributed by atoms with Crippen LogP contribution in [0.15, 0.2) is 77.7 Å². The molecule has 1 aliphatic carbocycles. The fourth-order valence-electron chi connectivity index (χ4n) is 5.59. The number of sulfonamides is 1. The van der Waals surface area contributed by atoms with E-state index in [2.05, 4.69) is 5.32 Å². The van der Waals surface area contributed by atoms with Crippen LogP contribution in [-0.4, -0.2) is 50.9 Å². The first-order chi connectivity index (χ1) is 20.6. The van der Waals surface area contributed by atoms with E-state index in [0.717, 1.165) is 53.1 Å². The number of benzene rings is 3. The van der Waals surface area contributed by atoms with Gasteiger partial charge in [-0.05, 0) is 75.1 Å². The van der Waals surface area contributed by atoms with E-state index in [1.165, 1.54) is 12.0 Å². The number of aryl methyl sites for hydroxylation is 2. The van der Waals surface area contributed by atoms with Gasteiger partial charge in [0.2, 0.25) is 11.8 Å². The molecule has 9 heteroatoms. The summed E-state index contributed by atoms with van der Waals surface area (Å²) in [6.45, 7) is 5.45. The summed E-state index contributed by atoms with van der Waals surface area (Å²) in [4.78, 5) is 29.6. The van der Waals surface area contributed by atoms with Crippen molar-refractivity contribution < 1.29 is 22.7 Å². The zero-order valence-corrected chi connectivity index (χ0v) is 26.4. The predicted octanol–water partition coefficient (Wildman–Crippen LogP) is 5.76. The van der Waals surface area contributed by atoms with Crippen LogP contribution >= 0.6 is 0 Å². The molecule has 0 spiro atoms. The minimum Gasteiger partial charge on any atom is -0.497 e. The first kappa shape index (κ1) is 32.1. The van der Waals surface area contributed by atoms with E-state index >= 15 is 0 Å². The van der Waals surface area contributed by atoms with Crippen molar-refractivity contribution in [2.75, 3.05) is 18.0 Å². The van der Waals surface area contributed by atoms with Crippen molar-refractivity contribution >= 4 is 27.5 Å². The Balaban J connectivity index is 1.71. The van der Waals surface area contributed by atoms with Gasteiger partial charge in [0, 0.05) is 12.6 Å². The molecule has 1 N–H and O–H groups in total. The van der Waals surface area contributed by atoms with Crippen LogP contribution in [0.25, 0.3) is 0 Å². The minimum atomic E-state index is -4.13. The topological polar surface area (TPSA) is 96.0 Å². The number of amides is 2. The van der Waals surface area contributed by atoms with Crippen molar-refractivity contribution in [2.45, 2.75) is 82.8 Å². The van der Waals surface area contributed by atoms with Crippen LogP contribution in [-0.2, 0) is 26.2 Å². The molecule has 230 valence electrons. The normalized spacial score (nSPS) is 14.5. The van der Waals surface area contributed by atoms with Gasteiger partial charge in [0.25, 0.3) is 10.0 Å². The standard InChI is InChI=1S/C34H43N3O5S/c1-5-32(34(39)35-28-12-7-6-8-13-28)36(23-27-11-9-10-26(3)22-27)33(38)24-37(29-16-18-30(42-4)19-17-29)43(40,41)31-20-14-25(2)15-21-31/h9-11,14-22,28,32H,5-8,12-13,23-24H2,1-4H3,(H,35,39)/t32-/m0/s1. The summed E-state index contributed by atoms with van der Waals surface area (Å²) < 4.78 is 34.5. The van der Waals surface area contributed by atoms with Crippen molar-refractivity contribution in [1.82, 2.24) is 10.2 Å². The summed E-state index contributed by atoms with van der Waals surface area (Å²) in [5.41, 5.74) is 3.15. The Hall–Kier alpha value is -3.85. The van der Waals surface area contributed by atoms with Crippen molar-refractivity contribution in [2.24, 2.45) is 0 Å². The van der Waals surface area contributed by atoms with Gasteiger partial charge in [0.15, 0.2) is 0 Å². The molecule has 3 aromatic carbocycles. The number of anilines is 1. The van der Waals surface area contributed by atoms with Crippen LogP contribution < -0.4 is 14.4 Å². The van der Waals surface area contributed by atoms with Gasteiger partial charge in [-0.2, -0.15) is 0 Å². The summed E-state index contributed by atoms with van der Waals surface area (Å²) in [7, 11) is -2.60. The van der Waals surface area contributed by atoms with Gasteiger partial charge in [-0.1, -0.05) is 73.7 Å². The predicted molar refractivity (Wildman–Crippen MR) is 170 cm³/mol. The van der Waals surface area contributed by atoms with Crippen molar-refractivity contribution in [1.29, 1.82) is 0 Å². The first-order valence-electron chi connectivity index (χ1n) is 15.0. The lowest BCUT2D eigenvalue weighted by molar-refractivity contribution is -0.140. The SMILES string of the molecule is CC[C@@H](C(=O)NC1CCCCC1)N(Cc1cccc(C)c1)C(=O)CN(c1ccc(OC)cc1)S(=O)(=O)c1ccc(C)cc1. The molecule has 0 bridgehead atoms. The van der Waals surface area contributed by atoms with Gasteiger partial charge in [-0.3, -0.25) is 13.9 Å². The van der Waals surface area contributed by atoms with E-state index in [1.54, 1.807) is 48.5 Å². The lowest BCUT2D eigenvalue weighted by Crippen LogP contribution is -2.54. The zero-order valence-electron chi connectivity index (χ0n) is 25.6. The molecule has 1 aliphatic rings. The Morgan fingerprint density at radius 3 is 2.21 bits per heavy atom. The summed E-state index contributed by atoms with van der Waals surface area (Å²) in [6.07, 6.45) is 5.55. The molecule has 1 atom stereocenters. The maximum Gasteiger partial charge on any atom is 0.264 e. The quantitative estimate of drug-likeness (QED) is 0.283. The number of rotatable bonds is 12. The first-order valence-corrected chi connectivity index (χ1v) is 16.4. The third kappa shape index (κ3) is 8.16. The number of hydrogen-bond donors (Lipinski definition) is 1. The van der Waals surface area contributed by atoms with Crippen molar-refractivity contribution in [3.8, 4) is 5.75 Å². The highest BCUT2D eigenvalue weighted by Gasteiger charge is 2.34. The lowest BCUT2D eigenvalue weighted by Gasteiger charge is -2.34. The van der Waals surface area contributed by atoms with E-state index in [-0.39, 0.29) is 23.4 Å². The Labute approximate surface area is 256 Å². The molecular weight excluding hydrogens is 562 g/mol. The minimum absolute atomic E-state index is 0.0778. The van der Waals surface area contributed by atoms with E-state index in [1.807, 2.05) is 45.0 Å². The number of hydrogen-bond acceptors (Lipinski definition) is 5. The van der Waals surface area contributed by atoms with Gasteiger partial charge in [-0.25, -0.2) is 8.42 Å². The van der Waals surface area contributed by atoms with Crippen molar-refractivity contribution in [3.63, 3.8) is 0 Å². The lowest BCUT2D eigenvalue weighted by atomic mass is 9.95. The Bertz CT molecular complexity index is 1480. The maximum atomic E-state index is 14.3. The van der Waals surface area contributed by atoms with E-state index in [4.69, 9.17) is 4.74 Å². The van der Waals surface area contributed by atoms with Gasteiger partial charge in [-0.15, -0.1) is 0 Å². The molecule has 0 radical (unpaired) electrons. The molecule has 43 heavy (non-hydrogen) atoms. The Morgan fingerprint density at radius 2 is 1.60 bits per heavy atom. The van der Waals surface area contributed by atoms with E-state index in [0.29, 0.717) is 17.9 Å². The molecule has 0 aliphatic heterocycles. The van der Waals surface area contributed by atoms with Gasteiger partial charge in [0.05, 0.1) is 17.7 Å². The van der Waals surface area contributed by atoms with Crippen LogP contribution in [0, 0.1) is 13.8 Å². The molecule has 1 fully saturated rings. The molecule has 0 heterocycles. The fraction of sp³-hybridized carbons (Fsp3) is 0.412. The number of ether oxygens (including phenoxy) is 1. The van der Waals surface area contributed by atoms with Gasteiger partial charge >= 0.3 is 0 Å². The Morgan fingerprint density at radius 1 is 0.930 bits per heavy atom. The number of nitrogens with one attached hydrogen (secondary N) is 1. The second-order valence-electron chi connectivity index (χ2n) is 11.3. The monoisotopic (exact) mass is 605 g/mol. The van der Waals surface area contributed by atoms with Crippen LogP contribution in [0.5, 0.6) is 5.75 Å². The van der Waals surface area contributed by atoms with E-state index < -0.39 is 28.5 Å². The van der Waals surface area contributed by atoms with Gasteiger partial charge < -0.3 is 15.0 Å². The molecule has 8 nitrogen and oxygen atoms in total. The molecule has 0 saturated heterocycles. The number of methoxy groups -OCH3 is 1. The second kappa shape index (κ2) is 14.6. The molecule has 4 rings (SSSR count). The average molecular weight is 606 g/mol. The molecule has 2 amide bonds. The van der Waals surface area contributed by atoms with Gasteiger partial charge in [0.1, 0.15) is 18.3 Å². The summed E-state index contributed by atoms with van der Waals surface area (Å²) in [6, 6.07) is 20.2. The zero-order chi connectivity index (χ0) is 31.0. The van der Waals surface area contributed by atoms with Crippen LogP contribution in [0.4, 0.5) is 5.69 Å². The summed E-state index contributed by atoms with van der Waals surface area (Å²) >= 11 is 0. The fourth-order valence-corrected chi connectivity index (χ4v) is 7.00. The maximum absolute atomic E-state index is 14.3. The highest BCUT2D eigenvalue weighted by Crippen LogP contribution is 2.27. The van der Waals surface area contributed by atoms with Crippen molar-refractivity contribution in [3.05, 3.63) is 89.5 Å². The second-order valence-corrected chi connectivity index (χ2v) is 13.2. The number of carbonyl (C=O) groups excluding carboxylic acids is 2. The molecule has 0 unspecified atom stereocenters. The number of carbonyl (C=O) groups is 2.